The number of aliphatic carboxylic acids is 1. The second-order valence-electron chi connectivity index (χ2n) is 6.48. The van der Waals surface area contributed by atoms with Gasteiger partial charge in [-0.1, -0.05) is 25.1 Å². The number of hydrogen-bond acceptors (Lipinski definition) is 3. The maximum Gasteiger partial charge on any atom is 0.330 e. The van der Waals surface area contributed by atoms with Gasteiger partial charge in [0.25, 0.3) is 0 Å². The summed E-state index contributed by atoms with van der Waals surface area (Å²) in [6.07, 6.45) is 1.05. The van der Waals surface area contributed by atoms with Crippen molar-refractivity contribution in [3.63, 3.8) is 0 Å². The summed E-state index contributed by atoms with van der Waals surface area (Å²) in [4.78, 5) is 24.1. The molecule has 1 aliphatic rings. The van der Waals surface area contributed by atoms with Gasteiger partial charge in [0.15, 0.2) is 6.04 Å². The first kappa shape index (κ1) is 17.9. The first-order valence-electron chi connectivity index (χ1n) is 8.47. The fourth-order valence-electron chi connectivity index (χ4n) is 3.07. The summed E-state index contributed by atoms with van der Waals surface area (Å²) in [5.41, 5.74) is 2.14. The van der Waals surface area contributed by atoms with E-state index in [-0.39, 0.29) is 5.82 Å². The van der Waals surface area contributed by atoms with Crippen molar-refractivity contribution in [2.45, 2.75) is 25.8 Å². The van der Waals surface area contributed by atoms with Crippen molar-refractivity contribution in [2.24, 2.45) is 5.92 Å². The fourth-order valence-corrected chi connectivity index (χ4v) is 3.07. The Morgan fingerprint density at radius 2 is 2.08 bits per heavy atom. The van der Waals surface area contributed by atoms with Gasteiger partial charge in [-0.15, -0.1) is 0 Å². The van der Waals surface area contributed by atoms with Crippen LogP contribution in [-0.2, 0) is 22.4 Å². The fraction of sp³-hybridized carbons (Fsp3) is 0.300. The molecule has 0 aliphatic carbocycles. The van der Waals surface area contributed by atoms with Crippen LogP contribution in [0.1, 0.15) is 29.7 Å². The Hall–Kier alpha value is -2.89. The average molecular weight is 357 g/mol. The van der Waals surface area contributed by atoms with Crippen LogP contribution in [0.3, 0.4) is 0 Å². The second-order valence-corrected chi connectivity index (χ2v) is 6.48. The van der Waals surface area contributed by atoms with Crippen molar-refractivity contribution >= 4 is 11.9 Å². The number of halogens is 1. The molecule has 3 rings (SSSR count). The maximum atomic E-state index is 13.3. The minimum atomic E-state index is -1.14. The maximum absolute atomic E-state index is 13.3. The summed E-state index contributed by atoms with van der Waals surface area (Å²) in [5, 5.41) is 12.1. The highest BCUT2D eigenvalue weighted by molar-refractivity contribution is 5.86. The molecule has 26 heavy (non-hydrogen) atoms. The average Bonchev–Trinajstić information content (AvgIpc) is 3.06. The van der Waals surface area contributed by atoms with Crippen LogP contribution in [0.15, 0.2) is 42.5 Å². The largest absolute Gasteiger partial charge is 0.493 e. The van der Waals surface area contributed by atoms with E-state index in [9.17, 15) is 19.1 Å². The van der Waals surface area contributed by atoms with Crippen LogP contribution in [0.5, 0.6) is 5.75 Å². The van der Waals surface area contributed by atoms with Crippen LogP contribution in [0.4, 0.5) is 4.39 Å². The van der Waals surface area contributed by atoms with Gasteiger partial charge in [-0.25, -0.2) is 9.18 Å². The number of carboxylic acids is 1. The number of rotatable bonds is 6. The first-order valence-corrected chi connectivity index (χ1v) is 8.47. The van der Waals surface area contributed by atoms with Crippen molar-refractivity contribution in [3.05, 3.63) is 65.0 Å². The monoisotopic (exact) mass is 357 g/mol. The summed E-state index contributed by atoms with van der Waals surface area (Å²) in [6.45, 7) is 2.27. The zero-order chi connectivity index (χ0) is 18.7. The quantitative estimate of drug-likeness (QED) is 0.834. The second kappa shape index (κ2) is 7.56. The summed E-state index contributed by atoms with van der Waals surface area (Å²) in [6, 6.07) is 10.0. The lowest BCUT2D eigenvalue weighted by atomic mass is 9.98. The Balaban J connectivity index is 1.71. The molecule has 2 aromatic rings. The Morgan fingerprint density at radius 1 is 1.27 bits per heavy atom. The molecule has 0 saturated carbocycles. The highest BCUT2D eigenvalue weighted by Gasteiger charge is 2.26. The third-order valence-corrected chi connectivity index (χ3v) is 4.46. The molecule has 2 atom stereocenters. The van der Waals surface area contributed by atoms with Crippen LogP contribution < -0.4 is 10.1 Å². The molecule has 0 radical (unpaired) electrons. The van der Waals surface area contributed by atoms with E-state index in [0.717, 1.165) is 17.7 Å². The normalized spacial score (nSPS) is 14.8. The van der Waals surface area contributed by atoms with E-state index < -0.39 is 23.8 Å². The number of amides is 1. The lowest BCUT2D eigenvalue weighted by Gasteiger charge is -2.19. The van der Waals surface area contributed by atoms with Gasteiger partial charge in [0, 0.05) is 12.3 Å². The lowest BCUT2D eigenvalue weighted by Crippen LogP contribution is -2.37. The van der Waals surface area contributed by atoms with Crippen LogP contribution in [0, 0.1) is 11.7 Å². The molecular formula is C20H20FNO4. The third-order valence-electron chi connectivity index (χ3n) is 4.46. The molecule has 0 fully saturated rings. The third kappa shape index (κ3) is 4.02. The molecule has 2 unspecified atom stereocenters. The minimum absolute atomic E-state index is 0.327. The highest BCUT2D eigenvalue weighted by atomic mass is 19.1. The van der Waals surface area contributed by atoms with Gasteiger partial charge in [-0.05, 0) is 47.4 Å². The van der Waals surface area contributed by atoms with E-state index in [0.29, 0.717) is 24.2 Å². The Labute approximate surface area is 150 Å². The predicted molar refractivity (Wildman–Crippen MR) is 93.4 cm³/mol. The number of carbonyl (C=O) groups excluding carboxylic acids is 1. The van der Waals surface area contributed by atoms with Crippen LogP contribution >= 0.6 is 0 Å². The summed E-state index contributed by atoms with van der Waals surface area (Å²) in [5.74, 6) is -1.62. The Kier molecular flexibility index (Phi) is 5.21. The van der Waals surface area contributed by atoms with Crippen LogP contribution in [0.25, 0.3) is 0 Å². The zero-order valence-electron chi connectivity index (χ0n) is 14.4. The van der Waals surface area contributed by atoms with Gasteiger partial charge in [0.1, 0.15) is 11.6 Å². The molecule has 2 aromatic carbocycles. The van der Waals surface area contributed by atoms with Crippen molar-refractivity contribution in [3.8, 4) is 5.75 Å². The minimum Gasteiger partial charge on any atom is -0.493 e. The molecule has 1 heterocycles. The van der Waals surface area contributed by atoms with Gasteiger partial charge >= 0.3 is 5.97 Å². The molecule has 0 spiro atoms. The van der Waals surface area contributed by atoms with Crippen LogP contribution in [-0.4, -0.2) is 23.6 Å². The zero-order valence-corrected chi connectivity index (χ0v) is 14.4. The predicted octanol–water partition coefficient (Wildman–Crippen LogP) is 2.88. The molecule has 5 nitrogen and oxygen atoms in total. The molecule has 1 aliphatic heterocycles. The molecule has 0 bridgehead atoms. The van der Waals surface area contributed by atoms with E-state index >= 15 is 0 Å². The van der Waals surface area contributed by atoms with Crippen molar-refractivity contribution in [2.75, 3.05) is 6.61 Å². The number of carbonyl (C=O) groups is 2. The lowest BCUT2D eigenvalue weighted by molar-refractivity contribution is -0.142. The van der Waals surface area contributed by atoms with E-state index in [4.69, 9.17) is 4.74 Å². The van der Waals surface area contributed by atoms with E-state index in [1.54, 1.807) is 37.3 Å². The summed E-state index contributed by atoms with van der Waals surface area (Å²) < 4.78 is 18.7. The SMILES string of the molecule is CC(Cc1cccc(F)c1)C(=O)NC(C(=O)O)c1ccc2c(c1)CCO2. The number of carboxylic acid groups (broad SMARTS) is 1. The van der Waals surface area contributed by atoms with Gasteiger partial charge < -0.3 is 15.2 Å². The summed E-state index contributed by atoms with van der Waals surface area (Å²) in [7, 11) is 0. The standard InChI is InChI=1S/C20H20FNO4/c1-12(9-13-3-2-4-16(21)10-13)19(23)22-18(20(24)25)15-5-6-17-14(11-15)7-8-26-17/h2-6,10-12,18H,7-9H2,1H3,(H,22,23)(H,24,25). The van der Waals surface area contributed by atoms with E-state index in [2.05, 4.69) is 5.32 Å². The molecular weight excluding hydrogens is 337 g/mol. The molecule has 136 valence electrons. The number of ether oxygens (including phenoxy) is 1. The number of nitrogens with one attached hydrogen (secondary N) is 1. The highest BCUT2D eigenvalue weighted by Crippen LogP contribution is 2.28. The van der Waals surface area contributed by atoms with E-state index in [1.165, 1.54) is 12.1 Å². The van der Waals surface area contributed by atoms with Crippen molar-refractivity contribution < 1.29 is 23.8 Å². The van der Waals surface area contributed by atoms with Crippen molar-refractivity contribution in [1.82, 2.24) is 5.32 Å². The van der Waals surface area contributed by atoms with Gasteiger partial charge in [-0.2, -0.15) is 0 Å². The Bertz CT molecular complexity index is 836. The van der Waals surface area contributed by atoms with Crippen LogP contribution in [0.2, 0.25) is 0 Å². The molecule has 0 aromatic heterocycles. The number of hydrogen-bond donors (Lipinski definition) is 2. The molecule has 2 N–H and O–H groups in total. The van der Waals surface area contributed by atoms with Gasteiger partial charge in [0.05, 0.1) is 6.61 Å². The topological polar surface area (TPSA) is 75.6 Å². The smallest absolute Gasteiger partial charge is 0.330 e. The van der Waals surface area contributed by atoms with E-state index in [1.807, 2.05) is 0 Å². The number of fused-ring (bicyclic) bond motifs is 1. The van der Waals surface area contributed by atoms with Gasteiger partial charge in [0.2, 0.25) is 5.91 Å². The Morgan fingerprint density at radius 3 is 2.81 bits per heavy atom. The molecule has 6 heteroatoms. The molecule has 0 saturated heterocycles. The number of benzene rings is 2. The van der Waals surface area contributed by atoms with Crippen molar-refractivity contribution in [1.29, 1.82) is 0 Å². The summed E-state index contributed by atoms with van der Waals surface area (Å²) >= 11 is 0. The molecule has 1 amide bonds. The van der Waals surface area contributed by atoms with Gasteiger partial charge in [-0.3, -0.25) is 4.79 Å². The first-order chi connectivity index (χ1) is 12.4.